The summed E-state index contributed by atoms with van der Waals surface area (Å²) in [6.07, 6.45) is 7.31. The van der Waals surface area contributed by atoms with E-state index in [-0.39, 0.29) is 11.6 Å². The molecule has 30 heavy (non-hydrogen) atoms. The number of urea groups is 1. The molecule has 0 aliphatic heterocycles. The summed E-state index contributed by atoms with van der Waals surface area (Å²) in [6, 6.07) is 7.48. The number of carboxylic acids is 1. The lowest BCUT2D eigenvalue weighted by Crippen LogP contribution is -2.30. The summed E-state index contributed by atoms with van der Waals surface area (Å²) in [6.45, 7) is 1.74. The van der Waals surface area contributed by atoms with Crippen LogP contribution in [0, 0.1) is 6.92 Å². The fourth-order valence-electron chi connectivity index (χ4n) is 3.67. The maximum Gasteiger partial charge on any atom is 0.337 e. The zero-order valence-corrected chi connectivity index (χ0v) is 16.5. The van der Waals surface area contributed by atoms with E-state index in [0.29, 0.717) is 34.5 Å². The number of hydrogen-bond acceptors (Lipinski definition) is 4. The first-order valence-electron chi connectivity index (χ1n) is 10.1. The van der Waals surface area contributed by atoms with Crippen molar-refractivity contribution in [2.75, 3.05) is 5.32 Å². The number of carbonyl (C=O) groups excluding carboxylic acids is 1. The molecule has 2 aromatic heterocycles. The van der Waals surface area contributed by atoms with E-state index in [1.165, 1.54) is 10.7 Å². The molecular weight excluding hydrogens is 384 g/mol. The fourth-order valence-corrected chi connectivity index (χ4v) is 3.67. The quantitative estimate of drug-likeness (QED) is 0.566. The van der Waals surface area contributed by atoms with Crippen molar-refractivity contribution in [2.24, 2.45) is 0 Å². The number of carboxylic acid groups (broad SMARTS) is 1. The molecule has 154 valence electrons. The Morgan fingerprint density at radius 1 is 1.20 bits per heavy atom. The van der Waals surface area contributed by atoms with Crippen LogP contribution in [0.15, 0.2) is 36.7 Å². The highest BCUT2D eigenvalue weighted by Crippen LogP contribution is 2.45. The lowest BCUT2D eigenvalue weighted by Gasteiger charge is -2.14. The number of nitrogens with one attached hydrogen (secondary N) is 2. The number of fused-ring (bicyclic) bond motifs is 1. The predicted octanol–water partition coefficient (Wildman–Crippen LogP) is 4.29. The SMILES string of the molecule is Cc1c(C(=O)O)cn2nccc(Oc3ccc(NC(=O)NC4CC4)c(C4CC4)c3)c12. The summed E-state index contributed by atoms with van der Waals surface area (Å²) < 4.78 is 7.66. The van der Waals surface area contributed by atoms with Crippen LogP contribution >= 0.6 is 0 Å². The van der Waals surface area contributed by atoms with Crippen molar-refractivity contribution >= 4 is 23.2 Å². The maximum atomic E-state index is 12.2. The highest BCUT2D eigenvalue weighted by atomic mass is 16.5. The molecule has 0 unspecified atom stereocenters. The zero-order chi connectivity index (χ0) is 20.8. The number of hydrogen-bond donors (Lipinski definition) is 3. The molecule has 8 heteroatoms. The van der Waals surface area contributed by atoms with Crippen molar-refractivity contribution < 1.29 is 19.4 Å². The average molecular weight is 406 g/mol. The molecule has 2 amide bonds. The van der Waals surface area contributed by atoms with Gasteiger partial charge in [0, 0.05) is 24.0 Å². The largest absolute Gasteiger partial charge is 0.478 e. The van der Waals surface area contributed by atoms with Gasteiger partial charge in [0.15, 0.2) is 5.75 Å². The Balaban J connectivity index is 1.44. The molecule has 2 saturated carbocycles. The van der Waals surface area contributed by atoms with E-state index in [9.17, 15) is 14.7 Å². The van der Waals surface area contributed by atoms with Crippen molar-refractivity contribution in [3.05, 3.63) is 53.3 Å². The Labute approximate surface area is 172 Å². The molecule has 2 heterocycles. The summed E-state index contributed by atoms with van der Waals surface area (Å²) in [4.78, 5) is 23.6. The van der Waals surface area contributed by atoms with Crippen LogP contribution in [-0.2, 0) is 0 Å². The van der Waals surface area contributed by atoms with Crippen LogP contribution in [0.2, 0.25) is 0 Å². The van der Waals surface area contributed by atoms with Crippen molar-refractivity contribution in [2.45, 2.75) is 44.6 Å². The monoisotopic (exact) mass is 406 g/mol. The van der Waals surface area contributed by atoms with E-state index < -0.39 is 5.97 Å². The molecule has 2 fully saturated rings. The van der Waals surface area contributed by atoms with Gasteiger partial charge in [-0.05, 0) is 67.9 Å². The second-order valence-corrected chi connectivity index (χ2v) is 7.96. The number of carbonyl (C=O) groups is 2. The lowest BCUT2D eigenvalue weighted by atomic mass is 10.1. The highest BCUT2D eigenvalue weighted by Gasteiger charge is 2.28. The number of anilines is 1. The van der Waals surface area contributed by atoms with Gasteiger partial charge in [-0.15, -0.1) is 0 Å². The van der Waals surface area contributed by atoms with Gasteiger partial charge in [0.05, 0.1) is 11.8 Å². The molecule has 0 atom stereocenters. The molecule has 3 N–H and O–H groups in total. The molecule has 5 rings (SSSR count). The van der Waals surface area contributed by atoms with Crippen LogP contribution in [0.1, 0.15) is 53.1 Å². The number of aromatic carboxylic acids is 1. The number of amides is 2. The zero-order valence-electron chi connectivity index (χ0n) is 16.5. The molecule has 2 aliphatic carbocycles. The molecule has 0 radical (unpaired) electrons. The topological polar surface area (TPSA) is 105 Å². The minimum Gasteiger partial charge on any atom is -0.478 e. The first-order valence-corrected chi connectivity index (χ1v) is 10.1. The van der Waals surface area contributed by atoms with Crippen LogP contribution in [0.25, 0.3) is 5.52 Å². The van der Waals surface area contributed by atoms with E-state index in [0.717, 1.165) is 36.9 Å². The predicted molar refractivity (Wildman–Crippen MR) is 111 cm³/mol. The highest BCUT2D eigenvalue weighted by molar-refractivity contribution is 5.93. The summed E-state index contributed by atoms with van der Waals surface area (Å²) in [5.41, 5.74) is 3.27. The minimum atomic E-state index is -1.00. The smallest absolute Gasteiger partial charge is 0.337 e. The van der Waals surface area contributed by atoms with Gasteiger partial charge in [-0.3, -0.25) is 0 Å². The Morgan fingerprint density at radius 2 is 2.00 bits per heavy atom. The van der Waals surface area contributed by atoms with Crippen molar-refractivity contribution in [3.8, 4) is 11.5 Å². The number of benzene rings is 1. The van der Waals surface area contributed by atoms with Gasteiger partial charge in [-0.2, -0.15) is 5.10 Å². The van der Waals surface area contributed by atoms with Gasteiger partial charge in [0.1, 0.15) is 11.3 Å². The Morgan fingerprint density at radius 3 is 2.70 bits per heavy atom. The fraction of sp³-hybridized carbons (Fsp3) is 0.318. The Bertz CT molecular complexity index is 1160. The van der Waals surface area contributed by atoms with Crippen molar-refractivity contribution in [1.29, 1.82) is 0 Å². The number of ether oxygens (including phenoxy) is 1. The first-order chi connectivity index (χ1) is 14.5. The third kappa shape index (κ3) is 3.56. The maximum absolute atomic E-state index is 12.2. The molecule has 1 aromatic carbocycles. The second kappa shape index (κ2) is 7.05. The van der Waals surface area contributed by atoms with Crippen LogP contribution < -0.4 is 15.4 Å². The summed E-state index contributed by atoms with van der Waals surface area (Å²) in [7, 11) is 0. The Kier molecular flexibility index (Phi) is 4.34. The Hall–Kier alpha value is -3.55. The number of aryl methyl sites for hydroxylation is 1. The number of aromatic nitrogens is 2. The van der Waals surface area contributed by atoms with Gasteiger partial charge in [0.2, 0.25) is 0 Å². The summed E-state index contributed by atoms with van der Waals surface area (Å²) >= 11 is 0. The van der Waals surface area contributed by atoms with Gasteiger partial charge >= 0.3 is 12.0 Å². The van der Waals surface area contributed by atoms with Gasteiger partial charge in [0.25, 0.3) is 0 Å². The van der Waals surface area contributed by atoms with Crippen LogP contribution in [0.5, 0.6) is 11.5 Å². The molecule has 0 saturated heterocycles. The van der Waals surface area contributed by atoms with E-state index in [2.05, 4.69) is 15.7 Å². The van der Waals surface area contributed by atoms with E-state index in [1.54, 1.807) is 19.2 Å². The number of nitrogens with zero attached hydrogens (tertiary/aromatic N) is 2. The standard InChI is InChI=1S/C22H22N4O4/c1-12-17(21(27)28)11-26-20(12)19(8-9-23-26)30-15-6-7-18(16(10-15)13-2-3-13)25-22(29)24-14-4-5-14/h6-11,13-14H,2-5H2,1H3,(H,27,28)(H2,24,25,29). The molecule has 0 bridgehead atoms. The van der Waals surface area contributed by atoms with Crippen LogP contribution in [0.3, 0.4) is 0 Å². The first kappa shape index (κ1) is 18.5. The van der Waals surface area contributed by atoms with Gasteiger partial charge < -0.3 is 20.5 Å². The summed E-state index contributed by atoms with van der Waals surface area (Å²) in [5.74, 6) is 0.579. The van der Waals surface area contributed by atoms with Crippen LogP contribution in [-0.4, -0.2) is 32.8 Å². The van der Waals surface area contributed by atoms with E-state index >= 15 is 0 Å². The van der Waals surface area contributed by atoms with Gasteiger partial charge in [-0.25, -0.2) is 14.1 Å². The average Bonchev–Trinajstić information content (AvgIpc) is 3.63. The normalized spacial score (nSPS) is 15.8. The third-order valence-corrected chi connectivity index (χ3v) is 5.55. The van der Waals surface area contributed by atoms with E-state index in [4.69, 9.17) is 4.74 Å². The second-order valence-electron chi connectivity index (χ2n) is 7.96. The molecular formula is C22H22N4O4. The number of rotatable bonds is 6. The molecule has 3 aromatic rings. The van der Waals surface area contributed by atoms with E-state index in [1.807, 2.05) is 18.2 Å². The third-order valence-electron chi connectivity index (χ3n) is 5.55. The van der Waals surface area contributed by atoms with Gasteiger partial charge in [-0.1, -0.05) is 0 Å². The molecule has 2 aliphatic rings. The minimum absolute atomic E-state index is 0.172. The van der Waals surface area contributed by atoms with Crippen molar-refractivity contribution in [1.82, 2.24) is 14.9 Å². The molecule has 0 spiro atoms. The summed E-state index contributed by atoms with van der Waals surface area (Å²) in [5, 5.41) is 19.5. The lowest BCUT2D eigenvalue weighted by molar-refractivity contribution is 0.0696. The molecule has 8 nitrogen and oxygen atoms in total. The van der Waals surface area contributed by atoms with Crippen molar-refractivity contribution in [3.63, 3.8) is 0 Å². The van der Waals surface area contributed by atoms with Crippen LogP contribution in [0.4, 0.5) is 10.5 Å².